The maximum Gasteiger partial charge on any atom is 0.495 e. The molecule has 0 aliphatic carbocycles. The van der Waals surface area contributed by atoms with E-state index in [0.29, 0.717) is 21.1 Å². The molecule has 103 valence electrons. The Hall–Kier alpha value is -1.47. The molecule has 0 bridgehead atoms. The Balaban J connectivity index is 2.66. The van der Waals surface area contributed by atoms with Gasteiger partial charge in [0.15, 0.2) is 0 Å². The van der Waals surface area contributed by atoms with Gasteiger partial charge in [0.25, 0.3) is 0 Å². The van der Waals surface area contributed by atoms with Crippen molar-refractivity contribution in [3.8, 4) is 0 Å². The Labute approximate surface area is 112 Å². The van der Waals surface area contributed by atoms with Gasteiger partial charge in [-0.15, -0.1) is 9.95 Å². The molecule has 1 heterocycles. The summed E-state index contributed by atoms with van der Waals surface area (Å²) in [6.07, 6.45) is 0. The van der Waals surface area contributed by atoms with Crippen molar-refractivity contribution in [2.24, 2.45) is 0 Å². The molecule has 0 saturated carbocycles. The number of nitrogens with zero attached hydrogens (tertiary/aromatic N) is 2. The quantitative estimate of drug-likeness (QED) is 0.470. The lowest BCUT2D eigenvalue weighted by Gasteiger charge is -2.29. The van der Waals surface area contributed by atoms with Crippen LogP contribution in [0.2, 0.25) is 0 Å². The third-order valence-electron chi connectivity index (χ3n) is 3.38. The molecule has 0 fully saturated rings. The SMILES string of the molecule is COC1(OC)N([O])C(C)(C)C(c2ccccc2)=[N+]1[O-]. The molecule has 1 radical (unpaired) electrons. The zero-order valence-electron chi connectivity index (χ0n) is 11.4. The zero-order chi connectivity index (χ0) is 14.3. The number of hydroxylamine groups is 3. The summed E-state index contributed by atoms with van der Waals surface area (Å²) in [5.41, 5.74) is -0.0825. The predicted octanol–water partition coefficient (Wildman–Crippen LogP) is 1.33. The smallest absolute Gasteiger partial charge is 0.495 e. The minimum absolute atomic E-state index is 0.312. The highest BCUT2D eigenvalue weighted by atomic mass is 16.8. The zero-order valence-corrected chi connectivity index (χ0v) is 11.4. The van der Waals surface area contributed by atoms with E-state index in [-0.39, 0.29) is 0 Å². The highest BCUT2D eigenvalue weighted by Gasteiger charge is 2.66. The van der Waals surface area contributed by atoms with Crippen molar-refractivity contribution >= 4 is 5.71 Å². The molecule has 1 aliphatic rings. The largest absolute Gasteiger partial charge is 0.618 e. The molecule has 0 saturated heterocycles. The summed E-state index contributed by atoms with van der Waals surface area (Å²) >= 11 is 0. The Morgan fingerprint density at radius 1 is 1.16 bits per heavy atom. The lowest BCUT2D eigenvalue weighted by molar-refractivity contribution is -0.722. The maximum absolute atomic E-state index is 12.5. The maximum atomic E-state index is 12.5. The fourth-order valence-corrected chi connectivity index (χ4v) is 2.40. The van der Waals surface area contributed by atoms with Crippen LogP contribution in [0, 0.1) is 5.21 Å². The average Bonchev–Trinajstić information content (AvgIpc) is 2.56. The molecule has 0 spiro atoms. The number of hydrogen-bond acceptors (Lipinski definition) is 4. The van der Waals surface area contributed by atoms with Crippen LogP contribution in [0.1, 0.15) is 19.4 Å². The van der Waals surface area contributed by atoms with E-state index in [1.165, 1.54) is 14.2 Å². The summed E-state index contributed by atoms with van der Waals surface area (Å²) in [4.78, 5) is 0. The Bertz CT molecular complexity index is 495. The first-order valence-electron chi connectivity index (χ1n) is 5.90. The molecule has 6 nitrogen and oxygen atoms in total. The van der Waals surface area contributed by atoms with Gasteiger partial charge >= 0.3 is 6.03 Å². The van der Waals surface area contributed by atoms with E-state index >= 15 is 0 Å². The predicted molar refractivity (Wildman–Crippen MR) is 67.5 cm³/mol. The third kappa shape index (κ3) is 1.76. The molecule has 1 aliphatic heterocycles. The van der Waals surface area contributed by atoms with Gasteiger partial charge in [-0.05, 0) is 31.0 Å². The number of benzene rings is 1. The van der Waals surface area contributed by atoms with E-state index < -0.39 is 11.6 Å². The Morgan fingerprint density at radius 2 is 1.68 bits per heavy atom. The molecule has 0 aromatic heterocycles. The van der Waals surface area contributed by atoms with Crippen LogP contribution in [-0.2, 0) is 14.7 Å². The summed E-state index contributed by atoms with van der Waals surface area (Å²) in [6.45, 7) is 3.32. The Kier molecular flexibility index (Phi) is 3.36. The molecule has 0 atom stereocenters. The van der Waals surface area contributed by atoms with E-state index in [4.69, 9.17) is 9.47 Å². The molecule has 6 heteroatoms. The molecular formula is C13H17N2O4. The number of ether oxygens (including phenoxy) is 2. The van der Waals surface area contributed by atoms with Crippen molar-refractivity contribution in [1.29, 1.82) is 0 Å². The van der Waals surface area contributed by atoms with Gasteiger partial charge < -0.3 is 5.21 Å². The number of hydrogen-bond donors (Lipinski definition) is 0. The standard InChI is InChI=1S/C13H17N2O4/c1-12(2)11(10-8-6-5-7-9-10)14(16)13(18-3,19-4)15(12)17/h5-9H,1-4H3. The molecular weight excluding hydrogens is 248 g/mol. The number of methoxy groups -OCH3 is 2. The first-order valence-corrected chi connectivity index (χ1v) is 5.90. The normalized spacial score (nSPS) is 21.9. The van der Waals surface area contributed by atoms with Crippen molar-refractivity contribution < 1.29 is 19.4 Å². The van der Waals surface area contributed by atoms with Crippen molar-refractivity contribution in [3.05, 3.63) is 41.1 Å². The second-order valence-electron chi connectivity index (χ2n) is 4.82. The van der Waals surface area contributed by atoms with Crippen LogP contribution in [0.5, 0.6) is 0 Å². The van der Waals surface area contributed by atoms with E-state index in [1.807, 2.05) is 6.07 Å². The third-order valence-corrected chi connectivity index (χ3v) is 3.38. The monoisotopic (exact) mass is 265 g/mol. The van der Waals surface area contributed by atoms with Crippen molar-refractivity contribution in [1.82, 2.24) is 5.06 Å². The first kappa shape index (κ1) is 14.0. The molecule has 0 N–H and O–H groups in total. The lowest BCUT2D eigenvalue weighted by atomic mass is 9.93. The van der Waals surface area contributed by atoms with Crippen LogP contribution < -0.4 is 0 Å². The molecule has 19 heavy (non-hydrogen) atoms. The number of rotatable bonds is 3. The molecule has 1 aromatic carbocycles. The van der Waals surface area contributed by atoms with Crippen LogP contribution in [0.25, 0.3) is 0 Å². The second-order valence-corrected chi connectivity index (χ2v) is 4.82. The summed E-state index contributed by atoms with van der Waals surface area (Å²) in [6, 6.07) is 7.03. The minimum atomic E-state index is -1.98. The van der Waals surface area contributed by atoms with Crippen LogP contribution in [0.3, 0.4) is 0 Å². The fourth-order valence-electron chi connectivity index (χ4n) is 2.40. The summed E-state index contributed by atoms with van der Waals surface area (Å²) < 4.78 is 10.6. The summed E-state index contributed by atoms with van der Waals surface area (Å²) in [5.74, 6) is 0. The molecule has 1 aromatic rings. The van der Waals surface area contributed by atoms with E-state index in [9.17, 15) is 10.4 Å². The Morgan fingerprint density at radius 3 is 2.11 bits per heavy atom. The molecule has 2 rings (SSSR count). The highest BCUT2D eigenvalue weighted by Crippen LogP contribution is 2.36. The van der Waals surface area contributed by atoms with Crippen LogP contribution >= 0.6 is 0 Å². The first-order chi connectivity index (χ1) is 8.91. The average molecular weight is 265 g/mol. The van der Waals surface area contributed by atoms with E-state index in [2.05, 4.69) is 0 Å². The fraction of sp³-hybridized carbons (Fsp3) is 0.462. The molecule has 0 unspecified atom stereocenters. The van der Waals surface area contributed by atoms with E-state index in [1.54, 1.807) is 38.1 Å². The molecule has 0 amide bonds. The van der Waals surface area contributed by atoms with Crippen molar-refractivity contribution in [3.63, 3.8) is 0 Å². The van der Waals surface area contributed by atoms with Crippen molar-refractivity contribution in [2.45, 2.75) is 25.4 Å². The summed E-state index contributed by atoms with van der Waals surface area (Å²) in [5, 5.41) is 25.5. The van der Waals surface area contributed by atoms with Gasteiger partial charge in [0, 0.05) is 19.8 Å². The lowest BCUT2D eigenvalue weighted by Crippen LogP contribution is -2.56. The van der Waals surface area contributed by atoms with Crippen LogP contribution in [0.15, 0.2) is 30.3 Å². The van der Waals surface area contributed by atoms with Crippen LogP contribution in [-0.4, -0.2) is 41.3 Å². The van der Waals surface area contributed by atoms with Crippen LogP contribution in [0.4, 0.5) is 0 Å². The van der Waals surface area contributed by atoms with Gasteiger partial charge in [-0.1, -0.05) is 18.2 Å². The van der Waals surface area contributed by atoms with Gasteiger partial charge in [0.2, 0.25) is 5.71 Å². The van der Waals surface area contributed by atoms with Crippen molar-refractivity contribution in [2.75, 3.05) is 14.2 Å². The summed E-state index contributed by atoms with van der Waals surface area (Å²) in [7, 11) is 2.53. The highest BCUT2D eigenvalue weighted by molar-refractivity contribution is 6.04. The topological polar surface area (TPSA) is 67.7 Å². The van der Waals surface area contributed by atoms with Gasteiger partial charge in [-0.2, -0.15) is 0 Å². The van der Waals surface area contributed by atoms with Gasteiger partial charge in [-0.25, -0.2) is 0 Å². The van der Waals surface area contributed by atoms with Gasteiger partial charge in [0.05, 0.1) is 0 Å². The van der Waals surface area contributed by atoms with Gasteiger partial charge in [0.1, 0.15) is 5.54 Å². The second kappa shape index (κ2) is 4.57. The van der Waals surface area contributed by atoms with E-state index in [0.717, 1.165) is 0 Å². The van der Waals surface area contributed by atoms with Gasteiger partial charge in [-0.3, -0.25) is 9.47 Å². The minimum Gasteiger partial charge on any atom is -0.618 e.